The molecule has 1 aliphatic heterocycles. The highest BCUT2D eigenvalue weighted by Gasteiger charge is 2.43. The van der Waals surface area contributed by atoms with Gasteiger partial charge in [-0.15, -0.1) is 0 Å². The van der Waals surface area contributed by atoms with Crippen LogP contribution in [0.5, 0.6) is 0 Å². The van der Waals surface area contributed by atoms with Gasteiger partial charge in [0.2, 0.25) is 0 Å². The summed E-state index contributed by atoms with van der Waals surface area (Å²) in [6, 6.07) is 19.2. The molecule has 2 heterocycles. The highest BCUT2D eigenvalue weighted by molar-refractivity contribution is 8.05. The lowest BCUT2D eigenvalue weighted by molar-refractivity contribution is -0.129. The Kier molecular flexibility index (Phi) is 7.03. The van der Waals surface area contributed by atoms with E-state index in [2.05, 4.69) is 91.9 Å². The number of nitrogens with zero attached hydrogens (tertiary/aromatic N) is 2. The Bertz CT molecular complexity index is 1290. The standard InChI is InChI=1S/C31H37N3OS/c1-20-13-11-17-28(23(20)4)33-22(3)18-25(24(33)5)19-29-30(35)34(27-16-10-9-12-21(27)2)31(36-29)32-26-14-7-6-8-15-26/h6-8,11,13-15,17-19,21,27,31-32H,9-10,12,16H2,1-5H3/b29-19-/t21-,27-,31?/m1/s1. The second-order valence-corrected chi connectivity index (χ2v) is 11.5. The Morgan fingerprint density at radius 2 is 1.72 bits per heavy atom. The molecule has 1 N–H and O–H groups in total. The zero-order valence-corrected chi connectivity index (χ0v) is 22.9. The molecule has 3 atom stereocenters. The third-order valence-electron chi connectivity index (χ3n) is 8.00. The minimum Gasteiger partial charge on any atom is -0.356 e. The summed E-state index contributed by atoms with van der Waals surface area (Å²) < 4.78 is 2.32. The van der Waals surface area contributed by atoms with E-state index in [0.717, 1.165) is 22.6 Å². The number of thioether (sulfide) groups is 1. The van der Waals surface area contributed by atoms with Gasteiger partial charge in [0, 0.05) is 28.8 Å². The molecule has 0 bridgehead atoms. The lowest BCUT2D eigenvalue weighted by Crippen LogP contribution is -2.48. The molecule has 1 aliphatic carbocycles. The molecule has 5 rings (SSSR count). The van der Waals surface area contributed by atoms with Gasteiger partial charge >= 0.3 is 0 Å². The van der Waals surface area contributed by atoms with Crippen molar-refractivity contribution >= 4 is 29.4 Å². The molecule has 3 aromatic rings. The Morgan fingerprint density at radius 3 is 2.47 bits per heavy atom. The predicted octanol–water partition coefficient (Wildman–Crippen LogP) is 7.60. The first kappa shape index (κ1) is 24.8. The van der Waals surface area contributed by atoms with Crippen LogP contribution in [0.25, 0.3) is 11.8 Å². The molecule has 188 valence electrons. The molecule has 2 aliphatic rings. The van der Waals surface area contributed by atoms with Gasteiger partial charge in [0.05, 0.1) is 4.91 Å². The molecule has 1 saturated heterocycles. The van der Waals surface area contributed by atoms with Crippen LogP contribution in [-0.2, 0) is 4.79 Å². The fourth-order valence-electron chi connectivity index (χ4n) is 5.79. The molecule has 1 aromatic heterocycles. The summed E-state index contributed by atoms with van der Waals surface area (Å²) in [4.78, 5) is 16.9. The van der Waals surface area contributed by atoms with Gasteiger partial charge in [0.1, 0.15) is 0 Å². The van der Waals surface area contributed by atoms with Gasteiger partial charge in [0.15, 0.2) is 5.50 Å². The van der Waals surface area contributed by atoms with Gasteiger partial charge in [0.25, 0.3) is 5.91 Å². The zero-order chi connectivity index (χ0) is 25.4. The number of anilines is 1. The summed E-state index contributed by atoms with van der Waals surface area (Å²) in [5, 5.41) is 3.65. The summed E-state index contributed by atoms with van der Waals surface area (Å²) in [7, 11) is 0. The molecule has 5 heteroatoms. The maximum Gasteiger partial charge on any atom is 0.262 e. The average molecular weight is 500 g/mol. The van der Waals surface area contributed by atoms with E-state index in [4.69, 9.17) is 0 Å². The summed E-state index contributed by atoms with van der Waals surface area (Å²) in [6.45, 7) is 11.0. The molecule has 2 aromatic carbocycles. The zero-order valence-electron chi connectivity index (χ0n) is 22.0. The van der Waals surface area contributed by atoms with E-state index < -0.39 is 0 Å². The second-order valence-electron chi connectivity index (χ2n) is 10.4. The molecular weight excluding hydrogens is 462 g/mol. The van der Waals surface area contributed by atoms with Crippen LogP contribution in [0.15, 0.2) is 59.5 Å². The van der Waals surface area contributed by atoms with E-state index in [9.17, 15) is 4.79 Å². The number of carbonyl (C=O) groups is 1. The van der Waals surface area contributed by atoms with Crippen molar-refractivity contribution in [2.24, 2.45) is 5.92 Å². The van der Waals surface area contributed by atoms with E-state index in [1.165, 1.54) is 47.5 Å². The molecule has 0 spiro atoms. The minimum absolute atomic E-state index is 0.0980. The van der Waals surface area contributed by atoms with Crippen LogP contribution in [0.4, 0.5) is 5.69 Å². The lowest BCUT2D eigenvalue weighted by Gasteiger charge is -2.39. The van der Waals surface area contributed by atoms with Gasteiger partial charge in [-0.25, -0.2) is 0 Å². The smallest absolute Gasteiger partial charge is 0.262 e. The number of para-hydroxylation sites is 1. The number of aromatic nitrogens is 1. The van der Waals surface area contributed by atoms with Crippen molar-refractivity contribution in [1.29, 1.82) is 0 Å². The van der Waals surface area contributed by atoms with Crippen molar-refractivity contribution in [3.05, 3.63) is 87.6 Å². The van der Waals surface area contributed by atoms with Crippen molar-refractivity contribution in [2.45, 2.75) is 71.8 Å². The number of amides is 1. The van der Waals surface area contributed by atoms with Gasteiger partial charge < -0.3 is 14.8 Å². The number of benzene rings is 2. The van der Waals surface area contributed by atoms with Crippen LogP contribution < -0.4 is 5.32 Å². The topological polar surface area (TPSA) is 37.3 Å². The number of aryl methyl sites for hydroxylation is 2. The number of rotatable bonds is 5. The van der Waals surface area contributed by atoms with Crippen LogP contribution >= 0.6 is 11.8 Å². The summed E-state index contributed by atoms with van der Waals surface area (Å²) >= 11 is 1.65. The largest absolute Gasteiger partial charge is 0.356 e. The molecule has 36 heavy (non-hydrogen) atoms. The van der Waals surface area contributed by atoms with Crippen molar-refractivity contribution in [3.63, 3.8) is 0 Å². The summed E-state index contributed by atoms with van der Waals surface area (Å²) in [5.41, 5.74) is 8.19. The van der Waals surface area contributed by atoms with E-state index in [0.29, 0.717) is 5.92 Å². The molecule has 0 radical (unpaired) electrons. The fraction of sp³-hybridized carbons (Fsp3) is 0.387. The first-order valence-corrected chi connectivity index (χ1v) is 14.0. The number of hydrogen-bond donors (Lipinski definition) is 1. The SMILES string of the molecule is Cc1cccc(-n2c(C)cc(/C=C3\SC(Nc4ccccc4)N([C@@H]4CCCC[C@H]4C)C3=O)c2C)c1C. The minimum atomic E-state index is -0.0980. The van der Waals surface area contributed by atoms with E-state index in [1.807, 2.05) is 18.2 Å². The molecule has 4 nitrogen and oxygen atoms in total. The number of carbonyl (C=O) groups excluding carboxylic acids is 1. The molecule has 1 saturated carbocycles. The predicted molar refractivity (Wildman–Crippen MR) is 152 cm³/mol. The normalized spacial score (nSPS) is 23.5. The van der Waals surface area contributed by atoms with Crippen LogP contribution in [0, 0.1) is 33.6 Å². The maximum absolute atomic E-state index is 13.9. The van der Waals surface area contributed by atoms with Crippen molar-refractivity contribution in [2.75, 3.05) is 5.32 Å². The molecule has 1 amide bonds. The third kappa shape index (κ3) is 4.61. The van der Waals surface area contributed by atoms with Crippen LogP contribution in [-0.4, -0.2) is 26.9 Å². The average Bonchev–Trinajstić information content (AvgIpc) is 3.31. The van der Waals surface area contributed by atoms with Crippen LogP contribution in [0.2, 0.25) is 0 Å². The van der Waals surface area contributed by atoms with E-state index in [1.54, 1.807) is 11.8 Å². The van der Waals surface area contributed by atoms with Crippen LogP contribution in [0.3, 0.4) is 0 Å². The fourth-order valence-corrected chi connectivity index (χ4v) is 6.99. The first-order chi connectivity index (χ1) is 17.3. The van der Waals surface area contributed by atoms with Crippen LogP contribution in [0.1, 0.15) is 60.7 Å². The molecular formula is C31H37N3OS. The lowest BCUT2D eigenvalue weighted by atomic mass is 9.85. The molecule has 1 unspecified atom stereocenters. The monoisotopic (exact) mass is 499 g/mol. The highest BCUT2D eigenvalue weighted by atomic mass is 32.2. The summed E-state index contributed by atoms with van der Waals surface area (Å²) in [5.74, 6) is 0.667. The quantitative estimate of drug-likeness (QED) is 0.367. The second kappa shape index (κ2) is 10.2. The van der Waals surface area contributed by atoms with Crippen molar-refractivity contribution < 1.29 is 4.79 Å². The number of nitrogens with one attached hydrogen (secondary N) is 1. The molecule has 2 fully saturated rings. The Morgan fingerprint density at radius 1 is 0.972 bits per heavy atom. The van der Waals surface area contributed by atoms with Gasteiger partial charge in [-0.2, -0.15) is 0 Å². The third-order valence-corrected chi connectivity index (χ3v) is 9.11. The van der Waals surface area contributed by atoms with Crippen molar-refractivity contribution in [1.82, 2.24) is 9.47 Å². The van der Waals surface area contributed by atoms with Crippen molar-refractivity contribution in [3.8, 4) is 5.69 Å². The van der Waals surface area contributed by atoms with E-state index in [-0.39, 0.29) is 17.4 Å². The number of hydrogen-bond acceptors (Lipinski definition) is 3. The first-order valence-electron chi connectivity index (χ1n) is 13.1. The maximum atomic E-state index is 13.9. The van der Waals surface area contributed by atoms with E-state index >= 15 is 0 Å². The van der Waals surface area contributed by atoms with Gasteiger partial charge in [-0.05, 0) is 93.5 Å². The Labute approximate surface area is 219 Å². The Hall–Kier alpha value is -2.92. The Balaban J connectivity index is 1.51. The van der Waals surface area contributed by atoms with Gasteiger partial charge in [-0.1, -0.05) is 61.9 Å². The summed E-state index contributed by atoms with van der Waals surface area (Å²) in [6.07, 6.45) is 6.83. The highest BCUT2D eigenvalue weighted by Crippen LogP contribution is 2.42. The van der Waals surface area contributed by atoms with Gasteiger partial charge in [-0.3, -0.25) is 4.79 Å².